The number of aliphatic hydroxyl groups excluding tert-OH is 1. The molecule has 4 rings (SSSR count). The van der Waals surface area contributed by atoms with Crippen molar-refractivity contribution in [1.82, 2.24) is 14.1 Å². The Labute approximate surface area is 173 Å². The number of para-hydroxylation sites is 1. The fraction of sp³-hybridized carbons (Fsp3) is 0.318. The third kappa shape index (κ3) is 4.44. The average Bonchev–Trinajstić information content (AvgIpc) is 3.24. The second kappa shape index (κ2) is 8.96. The second-order valence-corrected chi connectivity index (χ2v) is 7.32. The van der Waals surface area contributed by atoms with Crippen molar-refractivity contribution in [3.05, 3.63) is 65.9 Å². The van der Waals surface area contributed by atoms with Crippen LogP contribution in [0.15, 0.2) is 48.8 Å². The number of carboxylic acids is 2. The minimum absolute atomic E-state index is 0.242. The highest BCUT2D eigenvalue weighted by Crippen LogP contribution is 2.41. The second-order valence-electron chi connectivity index (χ2n) is 7.32. The van der Waals surface area contributed by atoms with Gasteiger partial charge in [0.1, 0.15) is 5.82 Å². The predicted octanol–water partition coefficient (Wildman–Crippen LogP) is 2.69. The molecule has 1 aliphatic carbocycles. The van der Waals surface area contributed by atoms with Crippen molar-refractivity contribution in [2.24, 2.45) is 13.0 Å². The van der Waals surface area contributed by atoms with Crippen LogP contribution in [0.4, 0.5) is 0 Å². The van der Waals surface area contributed by atoms with Gasteiger partial charge < -0.3 is 24.5 Å². The van der Waals surface area contributed by atoms with Gasteiger partial charge in [-0.25, -0.2) is 14.6 Å². The molecule has 1 aliphatic rings. The van der Waals surface area contributed by atoms with Crippen LogP contribution in [0.5, 0.6) is 0 Å². The number of fused-ring (bicyclic) bond motifs is 3. The number of imidazole rings is 1. The minimum atomic E-state index is -1.26. The number of carbonyl (C=O) groups is 2. The van der Waals surface area contributed by atoms with Gasteiger partial charge in [-0.3, -0.25) is 0 Å². The van der Waals surface area contributed by atoms with E-state index in [0.29, 0.717) is 12.2 Å². The Kier molecular flexibility index (Phi) is 6.37. The third-order valence-electron chi connectivity index (χ3n) is 5.49. The number of hydrogen-bond acceptors (Lipinski definition) is 4. The Hall–Kier alpha value is -3.39. The molecule has 0 fully saturated rings. The van der Waals surface area contributed by atoms with E-state index in [2.05, 4.69) is 45.4 Å². The van der Waals surface area contributed by atoms with Crippen molar-refractivity contribution >= 4 is 22.8 Å². The molecule has 0 aliphatic heterocycles. The van der Waals surface area contributed by atoms with Gasteiger partial charge in [-0.1, -0.05) is 18.2 Å². The standard InChI is InChI=1S/C18H21N3O.C4H4O4/c1-12-19-9-10-21(12)11-13-7-8-16-17(18(13)22)14-5-3-4-6-15(14)20(16)2;5-3(6)1-2-4(7)8/h3-6,9-10,13,18,22H,7-8,11H2,1-2H3;1-2H,(H,5,6)(H,7,8)/b;2-1-. The fourth-order valence-electron chi connectivity index (χ4n) is 4.01. The van der Waals surface area contributed by atoms with Crippen molar-refractivity contribution < 1.29 is 24.9 Å². The molecular formula is C22H25N3O5. The number of nitrogens with zero attached hydrogens (tertiary/aromatic N) is 3. The monoisotopic (exact) mass is 411 g/mol. The van der Waals surface area contributed by atoms with E-state index in [-0.39, 0.29) is 5.92 Å². The van der Waals surface area contributed by atoms with Crippen LogP contribution >= 0.6 is 0 Å². The molecule has 3 N–H and O–H groups in total. The average molecular weight is 411 g/mol. The number of aromatic nitrogens is 3. The fourth-order valence-corrected chi connectivity index (χ4v) is 4.01. The van der Waals surface area contributed by atoms with Gasteiger partial charge >= 0.3 is 11.9 Å². The van der Waals surface area contributed by atoms with Crippen molar-refractivity contribution in [3.8, 4) is 0 Å². The van der Waals surface area contributed by atoms with Crippen LogP contribution < -0.4 is 0 Å². The molecule has 0 spiro atoms. The van der Waals surface area contributed by atoms with Gasteiger partial charge in [0, 0.05) is 66.2 Å². The van der Waals surface area contributed by atoms with Gasteiger partial charge in [-0.05, 0) is 25.8 Å². The van der Waals surface area contributed by atoms with Crippen LogP contribution in [0.3, 0.4) is 0 Å². The highest BCUT2D eigenvalue weighted by molar-refractivity contribution is 5.89. The third-order valence-corrected chi connectivity index (χ3v) is 5.49. The van der Waals surface area contributed by atoms with E-state index in [1.807, 2.05) is 19.3 Å². The predicted molar refractivity (Wildman–Crippen MR) is 111 cm³/mol. The normalized spacial score (nSPS) is 18.1. The molecule has 2 unspecified atom stereocenters. The highest BCUT2D eigenvalue weighted by Gasteiger charge is 2.32. The van der Waals surface area contributed by atoms with E-state index in [1.54, 1.807) is 0 Å². The van der Waals surface area contributed by atoms with Crippen LogP contribution in [0.25, 0.3) is 10.9 Å². The van der Waals surface area contributed by atoms with Crippen LogP contribution in [0.1, 0.15) is 29.6 Å². The van der Waals surface area contributed by atoms with Gasteiger partial charge in [0.25, 0.3) is 0 Å². The summed E-state index contributed by atoms with van der Waals surface area (Å²) in [4.78, 5) is 23.4. The van der Waals surface area contributed by atoms with E-state index >= 15 is 0 Å². The molecule has 1 aromatic carbocycles. The van der Waals surface area contributed by atoms with E-state index in [9.17, 15) is 14.7 Å². The van der Waals surface area contributed by atoms with Gasteiger partial charge in [0.05, 0.1) is 6.10 Å². The number of rotatable bonds is 4. The van der Waals surface area contributed by atoms with Crippen molar-refractivity contribution in [3.63, 3.8) is 0 Å². The number of aliphatic hydroxyl groups is 1. The summed E-state index contributed by atoms with van der Waals surface area (Å²) in [7, 11) is 2.11. The zero-order valence-electron chi connectivity index (χ0n) is 16.9. The summed E-state index contributed by atoms with van der Waals surface area (Å²) in [6, 6.07) is 8.38. The van der Waals surface area contributed by atoms with Crippen LogP contribution in [0, 0.1) is 12.8 Å². The quantitative estimate of drug-likeness (QED) is 0.568. The molecular weight excluding hydrogens is 386 g/mol. The molecule has 158 valence electrons. The Morgan fingerprint density at radius 2 is 1.87 bits per heavy atom. The lowest BCUT2D eigenvalue weighted by atomic mass is 9.83. The molecule has 0 bridgehead atoms. The number of carboxylic acid groups (broad SMARTS) is 2. The first-order valence-corrected chi connectivity index (χ1v) is 9.65. The zero-order valence-corrected chi connectivity index (χ0v) is 16.9. The molecule has 2 atom stereocenters. The molecule has 0 saturated carbocycles. The summed E-state index contributed by atoms with van der Waals surface area (Å²) in [5.74, 6) is -1.26. The summed E-state index contributed by atoms with van der Waals surface area (Å²) in [6.45, 7) is 2.84. The Bertz CT molecular complexity index is 1080. The number of benzene rings is 1. The molecule has 3 aromatic rings. The van der Waals surface area contributed by atoms with E-state index < -0.39 is 18.0 Å². The van der Waals surface area contributed by atoms with Crippen molar-refractivity contribution in [1.29, 1.82) is 0 Å². The van der Waals surface area contributed by atoms with E-state index in [0.717, 1.165) is 30.8 Å². The molecule has 8 nitrogen and oxygen atoms in total. The molecule has 0 saturated heterocycles. The Morgan fingerprint density at radius 1 is 1.20 bits per heavy atom. The summed E-state index contributed by atoms with van der Waals surface area (Å²) in [6.07, 6.45) is 6.57. The first-order chi connectivity index (χ1) is 14.3. The Balaban J connectivity index is 0.000000275. The topological polar surface area (TPSA) is 118 Å². The maximum Gasteiger partial charge on any atom is 0.328 e. The molecule has 0 amide bonds. The van der Waals surface area contributed by atoms with Crippen molar-refractivity contribution in [2.75, 3.05) is 0 Å². The molecule has 2 heterocycles. The number of aryl methyl sites for hydroxylation is 2. The summed E-state index contributed by atoms with van der Waals surface area (Å²) in [5.41, 5.74) is 3.63. The molecule has 8 heteroatoms. The minimum Gasteiger partial charge on any atom is -0.478 e. The Morgan fingerprint density at radius 3 is 2.47 bits per heavy atom. The zero-order chi connectivity index (χ0) is 21.8. The summed E-state index contributed by atoms with van der Waals surface area (Å²) in [5, 5.41) is 27.8. The van der Waals surface area contributed by atoms with E-state index in [1.165, 1.54) is 16.6 Å². The number of hydrogen-bond donors (Lipinski definition) is 3. The maximum atomic E-state index is 11.0. The summed E-state index contributed by atoms with van der Waals surface area (Å²) >= 11 is 0. The lowest BCUT2D eigenvalue weighted by Gasteiger charge is -2.29. The summed E-state index contributed by atoms with van der Waals surface area (Å²) < 4.78 is 4.39. The van der Waals surface area contributed by atoms with Gasteiger partial charge in [-0.15, -0.1) is 0 Å². The SMILES string of the molecule is Cc1nccn1CC1CCc2c(c3ccccc3n2C)C1O.O=C(O)/C=C\C(=O)O. The van der Waals surface area contributed by atoms with Crippen molar-refractivity contribution in [2.45, 2.75) is 32.4 Å². The highest BCUT2D eigenvalue weighted by atomic mass is 16.4. The maximum absolute atomic E-state index is 11.0. The first-order valence-electron chi connectivity index (χ1n) is 9.65. The van der Waals surface area contributed by atoms with Crippen LogP contribution in [-0.4, -0.2) is 41.4 Å². The van der Waals surface area contributed by atoms with Gasteiger partial charge in [-0.2, -0.15) is 0 Å². The van der Waals surface area contributed by atoms with Crippen LogP contribution in [-0.2, 0) is 29.6 Å². The number of aliphatic carboxylic acids is 2. The molecule has 0 radical (unpaired) electrons. The van der Waals surface area contributed by atoms with Gasteiger partial charge in [0.15, 0.2) is 0 Å². The van der Waals surface area contributed by atoms with E-state index in [4.69, 9.17) is 10.2 Å². The largest absolute Gasteiger partial charge is 0.478 e. The first kappa shape index (κ1) is 21.3. The molecule has 30 heavy (non-hydrogen) atoms. The van der Waals surface area contributed by atoms with Crippen LogP contribution in [0.2, 0.25) is 0 Å². The van der Waals surface area contributed by atoms with Gasteiger partial charge in [0.2, 0.25) is 0 Å². The smallest absolute Gasteiger partial charge is 0.328 e. The lowest BCUT2D eigenvalue weighted by Crippen LogP contribution is -2.25. The molecule has 2 aromatic heterocycles. The lowest BCUT2D eigenvalue weighted by molar-refractivity contribution is -0.134.